The summed E-state index contributed by atoms with van der Waals surface area (Å²) in [5.74, 6) is -0.140. The first-order chi connectivity index (χ1) is 11.6. The van der Waals surface area contributed by atoms with Crippen LogP contribution >= 0.6 is 23.4 Å². The number of carbonyl (C=O) groups excluding carboxylic acids is 1. The highest BCUT2D eigenvalue weighted by atomic mass is 35.5. The van der Waals surface area contributed by atoms with Crippen molar-refractivity contribution < 1.29 is 4.79 Å². The SMILES string of the molecule is Cc1c(Cl)cnn1CC(=O)Nc1ccccc1Sc1ccccc1. The zero-order valence-electron chi connectivity index (χ0n) is 13.1. The van der Waals surface area contributed by atoms with Crippen molar-refractivity contribution in [2.24, 2.45) is 0 Å². The van der Waals surface area contributed by atoms with Gasteiger partial charge in [-0.3, -0.25) is 9.48 Å². The van der Waals surface area contributed by atoms with E-state index in [-0.39, 0.29) is 12.5 Å². The summed E-state index contributed by atoms with van der Waals surface area (Å²) in [4.78, 5) is 14.4. The lowest BCUT2D eigenvalue weighted by Crippen LogP contribution is -2.20. The van der Waals surface area contributed by atoms with Gasteiger partial charge >= 0.3 is 0 Å². The predicted octanol–water partition coefficient (Wildman–Crippen LogP) is 4.63. The summed E-state index contributed by atoms with van der Waals surface area (Å²) >= 11 is 7.58. The molecular weight excluding hydrogens is 342 g/mol. The van der Waals surface area contributed by atoms with Gasteiger partial charge in [-0.2, -0.15) is 5.10 Å². The van der Waals surface area contributed by atoms with E-state index in [0.717, 1.165) is 21.2 Å². The Balaban J connectivity index is 1.73. The molecule has 0 spiro atoms. The van der Waals surface area contributed by atoms with Crippen molar-refractivity contribution in [3.8, 4) is 0 Å². The Bertz CT molecular complexity index is 848. The molecule has 1 aromatic heterocycles. The molecule has 0 unspecified atom stereocenters. The Morgan fingerprint density at radius 2 is 1.88 bits per heavy atom. The number of hydrogen-bond acceptors (Lipinski definition) is 3. The van der Waals surface area contributed by atoms with Gasteiger partial charge in [-0.05, 0) is 31.2 Å². The van der Waals surface area contributed by atoms with Crippen molar-refractivity contribution in [3.05, 3.63) is 71.5 Å². The van der Waals surface area contributed by atoms with Crippen molar-refractivity contribution >= 4 is 35.0 Å². The van der Waals surface area contributed by atoms with Crippen LogP contribution in [0.25, 0.3) is 0 Å². The molecule has 0 aliphatic heterocycles. The lowest BCUT2D eigenvalue weighted by atomic mass is 10.3. The van der Waals surface area contributed by atoms with Crippen molar-refractivity contribution in [1.29, 1.82) is 0 Å². The van der Waals surface area contributed by atoms with E-state index in [1.807, 2.05) is 61.5 Å². The third-order valence-corrected chi connectivity index (χ3v) is 4.92. The molecule has 1 heterocycles. The van der Waals surface area contributed by atoms with Crippen LogP contribution in [0.4, 0.5) is 5.69 Å². The maximum atomic E-state index is 12.3. The van der Waals surface area contributed by atoms with Crippen molar-refractivity contribution in [2.75, 3.05) is 5.32 Å². The number of hydrogen-bond donors (Lipinski definition) is 1. The summed E-state index contributed by atoms with van der Waals surface area (Å²) in [5, 5.41) is 7.62. The third kappa shape index (κ3) is 3.99. The molecule has 2 aromatic carbocycles. The van der Waals surface area contributed by atoms with Gasteiger partial charge < -0.3 is 5.32 Å². The minimum Gasteiger partial charge on any atom is -0.323 e. The van der Waals surface area contributed by atoms with Crippen LogP contribution in [0, 0.1) is 6.92 Å². The number of aromatic nitrogens is 2. The van der Waals surface area contributed by atoms with E-state index in [9.17, 15) is 4.79 Å². The van der Waals surface area contributed by atoms with Gasteiger partial charge in [0.2, 0.25) is 5.91 Å². The Labute approximate surface area is 149 Å². The first kappa shape index (κ1) is 16.6. The van der Waals surface area contributed by atoms with Gasteiger partial charge in [0.05, 0.1) is 22.6 Å². The van der Waals surface area contributed by atoms with Crippen molar-refractivity contribution in [1.82, 2.24) is 9.78 Å². The molecule has 122 valence electrons. The molecule has 0 aliphatic rings. The Morgan fingerprint density at radius 3 is 2.58 bits per heavy atom. The summed E-state index contributed by atoms with van der Waals surface area (Å²) in [7, 11) is 0. The molecule has 0 atom stereocenters. The standard InChI is InChI=1S/C18H16ClN3OS/c1-13-15(19)11-20-22(13)12-18(23)21-16-9-5-6-10-17(16)24-14-7-3-2-4-8-14/h2-11H,12H2,1H3,(H,21,23). The topological polar surface area (TPSA) is 46.9 Å². The van der Waals surface area contributed by atoms with E-state index in [2.05, 4.69) is 10.4 Å². The molecule has 0 saturated heterocycles. The summed E-state index contributed by atoms with van der Waals surface area (Å²) in [6.07, 6.45) is 1.55. The maximum absolute atomic E-state index is 12.3. The fraction of sp³-hybridized carbons (Fsp3) is 0.111. The van der Waals surface area contributed by atoms with Gasteiger partial charge in [-0.1, -0.05) is 53.7 Å². The molecule has 4 nitrogen and oxygen atoms in total. The van der Waals surface area contributed by atoms with E-state index in [1.165, 1.54) is 0 Å². The fourth-order valence-corrected chi connectivity index (χ4v) is 3.25. The smallest absolute Gasteiger partial charge is 0.246 e. The van der Waals surface area contributed by atoms with Crippen LogP contribution < -0.4 is 5.32 Å². The van der Waals surface area contributed by atoms with E-state index in [0.29, 0.717) is 5.02 Å². The first-order valence-corrected chi connectivity index (χ1v) is 8.62. The average molecular weight is 358 g/mol. The summed E-state index contributed by atoms with van der Waals surface area (Å²) < 4.78 is 1.59. The molecule has 3 aromatic rings. The Hall–Kier alpha value is -2.24. The summed E-state index contributed by atoms with van der Waals surface area (Å²) in [5.41, 5.74) is 1.56. The van der Waals surface area contributed by atoms with Gasteiger partial charge in [-0.15, -0.1) is 0 Å². The van der Waals surface area contributed by atoms with Gasteiger partial charge in [-0.25, -0.2) is 0 Å². The number of anilines is 1. The second kappa shape index (κ2) is 7.55. The molecule has 0 radical (unpaired) electrons. The number of rotatable bonds is 5. The van der Waals surface area contributed by atoms with Gasteiger partial charge in [0, 0.05) is 9.79 Å². The van der Waals surface area contributed by atoms with Gasteiger partial charge in [0.25, 0.3) is 0 Å². The number of halogens is 1. The lowest BCUT2D eigenvalue weighted by molar-refractivity contribution is -0.116. The molecule has 6 heteroatoms. The van der Waals surface area contributed by atoms with Crippen LogP contribution in [0.15, 0.2) is 70.6 Å². The number of nitrogens with one attached hydrogen (secondary N) is 1. The Morgan fingerprint density at radius 1 is 1.17 bits per heavy atom. The lowest BCUT2D eigenvalue weighted by Gasteiger charge is -2.11. The van der Waals surface area contributed by atoms with E-state index in [4.69, 9.17) is 11.6 Å². The highest BCUT2D eigenvalue weighted by Crippen LogP contribution is 2.33. The first-order valence-electron chi connectivity index (χ1n) is 7.43. The van der Waals surface area contributed by atoms with Gasteiger partial charge in [0.1, 0.15) is 6.54 Å². The van der Waals surface area contributed by atoms with Crippen LogP contribution in [0.1, 0.15) is 5.69 Å². The second-order valence-corrected chi connectivity index (χ2v) is 6.72. The minimum absolute atomic E-state index is 0.128. The zero-order valence-corrected chi connectivity index (χ0v) is 14.6. The van der Waals surface area contributed by atoms with Crippen LogP contribution in [-0.2, 0) is 11.3 Å². The summed E-state index contributed by atoms with van der Waals surface area (Å²) in [6.45, 7) is 1.96. The number of carbonyl (C=O) groups is 1. The van der Waals surface area contributed by atoms with Crippen LogP contribution in [0.3, 0.4) is 0 Å². The van der Waals surface area contributed by atoms with E-state index < -0.39 is 0 Å². The molecule has 1 amide bonds. The molecule has 0 bridgehead atoms. The van der Waals surface area contributed by atoms with E-state index in [1.54, 1.807) is 22.6 Å². The normalized spacial score (nSPS) is 10.6. The third-order valence-electron chi connectivity index (χ3n) is 3.47. The summed E-state index contributed by atoms with van der Waals surface area (Å²) in [6, 6.07) is 17.8. The predicted molar refractivity (Wildman–Crippen MR) is 97.6 cm³/mol. The molecule has 0 fully saturated rings. The molecular formula is C18H16ClN3OS. The number of nitrogens with zero attached hydrogens (tertiary/aromatic N) is 2. The monoisotopic (exact) mass is 357 g/mol. The largest absolute Gasteiger partial charge is 0.323 e. The van der Waals surface area contributed by atoms with Crippen LogP contribution in [0.2, 0.25) is 5.02 Å². The quantitative estimate of drug-likeness (QED) is 0.723. The molecule has 0 saturated carbocycles. The number of para-hydroxylation sites is 1. The van der Waals surface area contributed by atoms with Crippen LogP contribution in [-0.4, -0.2) is 15.7 Å². The minimum atomic E-state index is -0.140. The van der Waals surface area contributed by atoms with Crippen LogP contribution in [0.5, 0.6) is 0 Å². The Kier molecular flexibility index (Phi) is 5.23. The molecule has 0 aliphatic carbocycles. The van der Waals surface area contributed by atoms with E-state index >= 15 is 0 Å². The number of amides is 1. The highest BCUT2D eigenvalue weighted by molar-refractivity contribution is 7.99. The molecule has 1 N–H and O–H groups in total. The zero-order chi connectivity index (χ0) is 16.9. The van der Waals surface area contributed by atoms with Crippen molar-refractivity contribution in [3.63, 3.8) is 0 Å². The van der Waals surface area contributed by atoms with Crippen molar-refractivity contribution in [2.45, 2.75) is 23.3 Å². The second-order valence-electron chi connectivity index (χ2n) is 5.20. The highest BCUT2D eigenvalue weighted by Gasteiger charge is 2.11. The molecule has 24 heavy (non-hydrogen) atoms. The average Bonchev–Trinajstić information content (AvgIpc) is 2.90. The maximum Gasteiger partial charge on any atom is 0.246 e. The molecule has 3 rings (SSSR count). The van der Waals surface area contributed by atoms with Gasteiger partial charge in [0.15, 0.2) is 0 Å². The number of benzene rings is 2. The fourth-order valence-electron chi connectivity index (χ4n) is 2.18.